The summed E-state index contributed by atoms with van der Waals surface area (Å²) in [5, 5.41) is 0. The maximum Gasteiger partial charge on any atom is 0.469 e. The molecule has 0 amide bonds. The van der Waals surface area contributed by atoms with Gasteiger partial charge in [0.2, 0.25) is 0 Å². The number of rotatable bonds is 35. The third-order valence-electron chi connectivity index (χ3n) is 8.16. The molecule has 0 saturated heterocycles. The van der Waals surface area contributed by atoms with Crippen LogP contribution in [0.15, 0.2) is 12.3 Å². The van der Waals surface area contributed by atoms with E-state index in [1.165, 1.54) is 141 Å². The van der Waals surface area contributed by atoms with Crippen molar-refractivity contribution in [2.45, 2.75) is 200 Å². The molecular weight excluding hydrogens is 575 g/mol. The fraction of sp³-hybridized carbons (Fsp3) is 0.917. The first-order chi connectivity index (χ1) is 21.4. The quantitative estimate of drug-likeness (QED) is 0.0306. The lowest BCUT2D eigenvalue weighted by Crippen LogP contribution is -2.27. The van der Waals surface area contributed by atoms with Crippen LogP contribution in [0.3, 0.4) is 0 Å². The van der Waals surface area contributed by atoms with Crippen molar-refractivity contribution in [1.29, 1.82) is 0 Å². The van der Waals surface area contributed by atoms with Gasteiger partial charge in [0.05, 0.1) is 12.9 Å². The molecular formula is C36H71O7P. The Labute approximate surface area is 271 Å². The SMILES string of the molecule is CCCCCCCCCCCCCC/C=C\OC[C@H](COP(=O)(O)O)OC(=O)CCCCCCCCCCCCCCCC. The van der Waals surface area contributed by atoms with E-state index in [0.29, 0.717) is 6.42 Å². The average Bonchev–Trinajstić information content (AvgIpc) is 2.99. The first-order valence-electron chi connectivity index (χ1n) is 18.5. The molecule has 0 rings (SSSR count). The predicted molar refractivity (Wildman–Crippen MR) is 184 cm³/mol. The van der Waals surface area contributed by atoms with E-state index in [0.717, 1.165) is 32.1 Å². The highest BCUT2D eigenvalue weighted by Crippen LogP contribution is 2.36. The summed E-state index contributed by atoms with van der Waals surface area (Å²) < 4.78 is 26.6. The van der Waals surface area contributed by atoms with Crippen LogP contribution < -0.4 is 0 Å². The minimum Gasteiger partial charge on any atom is -0.498 e. The van der Waals surface area contributed by atoms with Crippen LogP contribution in [0.4, 0.5) is 0 Å². The molecule has 0 fully saturated rings. The van der Waals surface area contributed by atoms with Crippen molar-refractivity contribution in [3.8, 4) is 0 Å². The lowest BCUT2D eigenvalue weighted by atomic mass is 10.0. The second-order valence-electron chi connectivity index (χ2n) is 12.6. The molecule has 7 nitrogen and oxygen atoms in total. The maximum absolute atomic E-state index is 12.3. The zero-order valence-electron chi connectivity index (χ0n) is 28.8. The smallest absolute Gasteiger partial charge is 0.469 e. The van der Waals surface area contributed by atoms with Crippen LogP contribution in [0.25, 0.3) is 0 Å². The Kier molecular flexibility index (Phi) is 32.8. The summed E-state index contributed by atoms with van der Waals surface area (Å²) in [5.74, 6) is -0.382. The summed E-state index contributed by atoms with van der Waals surface area (Å²) in [4.78, 5) is 30.4. The van der Waals surface area contributed by atoms with Gasteiger partial charge in [-0.2, -0.15) is 0 Å². The van der Waals surface area contributed by atoms with Gasteiger partial charge in [-0.1, -0.05) is 168 Å². The molecule has 8 heteroatoms. The standard InChI is InChI=1S/C36H71O7P/c1-3-5-7-9-11-13-15-17-19-21-23-25-27-29-31-36(37)43-35(34-42-44(38,39)40)33-41-32-30-28-26-24-22-20-18-16-14-12-10-8-6-4-2/h30,32,35H,3-29,31,33-34H2,1-2H3,(H2,38,39,40)/b32-30-/t35-/m1/s1. The third kappa shape index (κ3) is 35.6. The molecule has 0 aliphatic heterocycles. The zero-order valence-corrected chi connectivity index (χ0v) is 29.7. The Bertz CT molecular complexity index is 679. The normalized spacial score (nSPS) is 12.6. The van der Waals surface area contributed by atoms with Crippen molar-refractivity contribution in [3.63, 3.8) is 0 Å². The Hall–Kier alpha value is -0.880. The summed E-state index contributed by atoms with van der Waals surface area (Å²) >= 11 is 0. The van der Waals surface area contributed by atoms with Crippen molar-refractivity contribution in [3.05, 3.63) is 12.3 Å². The van der Waals surface area contributed by atoms with E-state index < -0.39 is 20.5 Å². The lowest BCUT2D eigenvalue weighted by Gasteiger charge is -2.18. The molecule has 0 bridgehead atoms. The van der Waals surface area contributed by atoms with Gasteiger partial charge in [0, 0.05) is 6.42 Å². The number of unbranched alkanes of at least 4 members (excludes halogenated alkanes) is 25. The van der Waals surface area contributed by atoms with Crippen LogP contribution in [0.2, 0.25) is 0 Å². The largest absolute Gasteiger partial charge is 0.498 e. The number of esters is 1. The number of phosphoric ester groups is 1. The number of hydrogen-bond donors (Lipinski definition) is 2. The average molecular weight is 647 g/mol. The lowest BCUT2D eigenvalue weighted by molar-refractivity contribution is -0.153. The zero-order chi connectivity index (χ0) is 32.4. The number of allylic oxidation sites excluding steroid dienone is 1. The maximum atomic E-state index is 12.3. The van der Waals surface area contributed by atoms with Gasteiger partial charge in [-0.25, -0.2) is 4.57 Å². The summed E-state index contributed by atoms with van der Waals surface area (Å²) in [6.45, 7) is 4.11. The number of carbonyl (C=O) groups excluding carboxylic acids is 1. The minimum atomic E-state index is -4.66. The molecule has 0 radical (unpaired) electrons. The number of hydrogen-bond acceptors (Lipinski definition) is 5. The Balaban J connectivity index is 3.86. The van der Waals surface area contributed by atoms with E-state index in [9.17, 15) is 9.36 Å². The van der Waals surface area contributed by atoms with Crippen molar-refractivity contribution in [1.82, 2.24) is 0 Å². The van der Waals surface area contributed by atoms with Crippen LogP contribution >= 0.6 is 7.82 Å². The van der Waals surface area contributed by atoms with Gasteiger partial charge in [-0.15, -0.1) is 0 Å². The first-order valence-corrected chi connectivity index (χ1v) is 20.1. The summed E-state index contributed by atoms with van der Waals surface area (Å²) in [6, 6.07) is 0. The topological polar surface area (TPSA) is 102 Å². The summed E-state index contributed by atoms with van der Waals surface area (Å²) in [6.07, 6.45) is 37.2. The number of phosphoric acid groups is 1. The predicted octanol–water partition coefficient (Wildman–Crippen LogP) is 11.5. The van der Waals surface area contributed by atoms with Crippen molar-refractivity contribution < 1.29 is 33.1 Å². The fourth-order valence-corrected chi connectivity index (χ4v) is 5.77. The third-order valence-corrected chi connectivity index (χ3v) is 8.65. The van der Waals surface area contributed by atoms with E-state index in [4.69, 9.17) is 19.3 Å². The van der Waals surface area contributed by atoms with Gasteiger partial charge < -0.3 is 19.3 Å². The van der Waals surface area contributed by atoms with Gasteiger partial charge in [0.15, 0.2) is 6.10 Å². The molecule has 0 heterocycles. The van der Waals surface area contributed by atoms with Crippen LogP contribution in [0, 0.1) is 0 Å². The highest BCUT2D eigenvalue weighted by molar-refractivity contribution is 7.46. The molecule has 0 saturated carbocycles. The molecule has 44 heavy (non-hydrogen) atoms. The van der Waals surface area contributed by atoms with Crippen LogP contribution in [-0.2, 0) is 23.4 Å². The summed E-state index contributed by atoms with van der Waals surface area (Å²) in [7, 11) is -4.66. The molecule has 0 aromatic carbocycles. The van der Waals surface area contributed by atoms with Crippen molar-refractivity contribution in [2.75, 3.05) is 13.2 Å². The van der Waals surface area contributed by atoms with Crippen molar-refractivity contribution in [2.24, 2.45) is 0 Å². The molecule has 1 atom stereocenters. The molecule has 0 aromatic rings. The van der Waals surface area contributed by atoms with Gasteiger partial charge in [-0.05, 0) is 25.3 Å². The Morgan fingerprint density at radius 3 is 1.39 bits per heavy atom. The second kappa shape index (κ2) is 33.5. The minimum absolute atomic E-state index is 0.000571. The van der Waals surface area contributed by atoms with E-state index in [-0.39, 0.29) is 12.6 Å². The van der Waals surface area contributed by atoms with Crippen LogP contribution in [0.1, 0.15) is 194 Å². The highest BCUT2D eigenvalue weighted by Gasteiger charge is 2.21. The molecule has 0 aliphatic rings. The monoisotopic (exact) mass is 646 g/mol. The van der Waals surface area contributed by atoms with Gasteiger partial charge in [-0.3, -0.25) is 9.32 Å². The van der Waals surface area contributed by atoms with E-state index in [1.807, 2.05) is 6.08 Å². The molecule has 0 aromatic heterocycles. The number of carbonyl (C=O) groups is 1. The number of ether oxygens (including phenoxy) is 2. The van der Waals surface area contributed by atoms with E-state index in [1.54, 1.807) is 6.26 Å². The Morgan fingerprint density at radius 2 is 0.977 bits per heavy atom. The van der Waals surface area contributed by atoms with Crippen LogP contribution in [-0.4, -0.2) is 35.1 Å². The molecule has 2 N–H and O–H groups in total. The molecule has 0 unspecified atom stereocenters. The summed E-state index contributed by atoms with van der Waals surface area (Å²) in [5.41, 5.74) is 0. The Morgan fingerprint density at radius 1 is 0.591 bits per heavy atom. The van der Waals surface area contributed by atoms with Crippen LogP contribution in [0.5, 0.6) is 0 Å². The second-order valence-corrected chi connectivity index (χ2v) is 13.9. The molecule has 0 aliphatic carbocycles. The fourth-order valence-electron chi connectivity index (χ4n) is 5.41. The molecule has 262 valence electrons. The van der Waals surface area contributed by atoms with E-state index >= 15 is 0 Å². The van der Waals surface area contributed by atoms with Gasteiger partial charge in [0.25, 0.3) is 0 Å². The molecule has 0 spiro atoms. The van der Waals surface area contributed by atoms with Crippen molar-refractivity contribution >= 4 is 13.8 Å². The first kappa shape index (κ1) is 43.1. The van der Waals surface area contributed by atoms with Gasteiger partial charge in [0.1, 0.15) is 6.61 Å². The van der Waals surface area contributed by atoms with Gasteiger partial charge >= 0.3 is 13.8 Å². The van der Waals surface area contributed by atoms with E-state index in [2.05, 4.69) is 18.4 Å². The highest BCUT2D eigenvalue weighted by atomic mass is 31.2.